The monoisotopic (exact) mass is 550 g/mol. The van der Waals surface area contributed by atoms with Crippen molar-refractivity contribution < 1.29 is 14.3 Å². The zero-order chi connectivity index (χ0) is 26.1. The zero-order valence-corrected chi connectivity index (χ0v) is 23.0. The molecule has 6 heteroatoms. The highest BCUT2D eigenvalue weighted by Gasteiger charge is 2.30. The summed E-state index contributed by atoms with van der Waals surface area (Å²) in [5.41, 5.74) is 3.15. The fraction of sp³-hybridized carbons (Fsp3) is 0.333. The topological polar surface area (TPSA) is 58.6 Å². The molecule has 190 valence electrons. The van der Waals surface area contributed by atoms with Gasteiger partial charge in [0.2, 0.25) is 5.91 Å². The van der Waals surface area contributed by atoms with Crippen LogP contribution in [0.1, 0.15) is 44.4 Å². The third kappa shape index (κ3) is 7.95. The van der Waals surface area contributed by atoms with Crippen LogP contribution < -0.4 is 10.1 Å². The Bertz CT molecular complexity index is 1120. The highest BCUT2D eigenvalue weighted by molar-refractivity contribution is 9.10. The highest BCUT2D eigenvalue weighted by Crippen LogP contribution is 2.24. The zero-order valence-electron chi connectivity index (χ0n) is 21.5. The number of carbonyl (C=O) groups is 2. The van der Waals surface area contributed by atoms with E-state index in [2.05, 4.69) is 42.0 Å². The average Bonchev–Trinajstić information content (AvgIpc) is 2.86. The molecule has 3 aromatic rings. The fourth-order valence-corrected chi connectivity index (χ4v) is 4.18. The molecule has 36 heavy (non-hydrogen) atoms. The van der Waals surface area contributed by atoms with Crippen molar-refractivity contribution in [2.24, 2.45) is 0 Å². The number of amides is 2. The molecule has 5 nitrogen and oxygen atoms in total. The summed E-state index contributed by atoms with van der Waals surface area (Å²) in [4.78, 5) is 28.4. The number of halogens is 1. The molecule has 2 amide bonds. The molecule has 0 saturated heterocycles. The van der Waals surface area contributed by atoms with Crippen LogP contribution in [0.15, 0.2) is 83.3 Å². The van der Waals surface area contributed by atoms with Crippen LogP contribution in [-0.4, -0.2) is 35.9 Å². The molecule has 0 aliphatic carbocycles. The van der Waals surface area contributed by atoms with Gasteiger partial charge in [0.1, 0.15) is 11.8 Å². The molecule has 3 aromatic carbocycles. The van der Waals surface area contributed by atoms with E-state index in [-0.39, 0.29) is 23.8 Å². The van der Waals surface area contributed by atoms with Crippen LogP contribution >= 0.6 is 15.9 Å². The summed E-state index contributed by atoms with van der Waals surface area (Å²) in [6.07, 6.45) is 0.412. The second-order valence-electron chi connectivity index (χ2n) is 9.81. The first kappa shape index (κ1) is 27.5. The Morgan fingerprint density at radius 3 is 2.14 bits per heavy atom. The molecular formula is C30H35BrN2O3. The molecule has 0 saturated carbocycles. The predicted octanol–water partition coefficient (Wildman–Crippen LogP) is 5.90. The van der Waals surface area contributed by atoms with Gasteiger partial charge in [-0.2, -0.15) is 0 Å². The van der Waals surface area contributed by atoms with Crippen LogP contribution in [0.2, 0.25) is 0 Å². The Balaban J connectivity index is 1.85. The van der Waals surface area contributed by atoms with E-state index >= 15 is 0 Å². The largest absolute Gasteiger partial charge is 0.484 e. The maximum absolute atomic E-state index is 13.6. The van der Waals surface area contributed by atoms with Crippen LogP contribution in [0.5, 0.6) is 5.75 Å². The number of nitrogens with zero attached hydrogens (tertiary/aromatic N) is 1. The van der Waals surface area contributed by atoms with Gasteiger partial charge in [-0.25, -0.2) is 0 Å². The average molecular weight is 552 g/mol. The number of hydrogen-bond donors (Lipinski definition) is 1. The molecule has 0 spiro atoms. The van der Waals surface area contributed by atoms with E-state index in [4.69, 9.17) is 4.74 Å². The number of benzene rings is 3. The number of hydrogen-bond acceptors (Lipinski definition) is 3. The first-order valence-corrected chi connectivity index (χ1v) is 13.1. The van der Waals surface area contributed by atoms with Crippen LogP contribution in [-0.2, 0) is 28.0 Å². The molecule has 0 aromatic heterocycles. The first-order chi connectivity index (χ1) is 17.2. The SMILES string of the molecule is CCNC(=O)C(Cc1ccccc1)N(Cc1ccc(Br)cc1)C(=O)COc1ccc(C(C)(C)C)cc1. The van der Waals surface area contributed by atoms with E-state index in [1.54, 1.807) is 4.90 Å². The molecule has 0 fully saturated rings. The molecule has 0 bridgehead atoms. The molecule has 3 rings (SSSR count). The van der Waals surface area contributed by atoms with Crippen LogP contribution in [0.3, 0.4) is 0 Å². The van der Waals surface area contributed by atoms with Crippen molar-refractivity contribution in [3.8, 4) is 5.75 Å². The van der Waals surface area contributed by atoms with Gasteiger partial charge in [0.15, 0.2) is 6.61 Å². The van der Waals surface area contributed by atoms with Gasteiger partial charge >= 0.3 is 0 Å². The molecule has 0 aliphatic heterocycles. The molecule has 1 atom stereocenters. The van der Waals surface area contributed by atoms with Crippen molar-refractivity contribution in [2.45, 2.75) is 52.1 Å². The van der Waals surface area contributed by atoms with E-state index < -0.39 is 6.04 Å². The summed E-state index contributed by atoms with van der Waals surface area (Å²) in [7, 11) is 0. The van der Waals surface area contributed by atoms with Gasteiger partial charge in [0, 0.05) is 24.0 Å². The van der Waals surface area contributed by atoms with Crippen LogP contribution in [0.4, 0.5) is 0 Å². The quantitative estimate of drug-likeness (QED) is 0.341. The first-order valence-electron chi connectivity index (χ1n) is 12.3. The molecule has 0 aliphatic rings. The third-order valence-corrected chi connectivity index (χ3v) is 6.50. The van der Waals surface area contributed by atoms with Gasteiger partial charge in [-0.05, 0) is 53.3 Å². The van der Waals surface area contributed by atoms with Crippen molar-refractivity contribution >= 4 is 27.7 Å². The van der Waals surface area contributed by atoms with E-state index in [9.17, 15) is 9.59 Å². The Morgan fingerprint density at radius 2 is 1.56 bits per heavy atom. The molecule has 0 heterocycles. The lowest BCUT2D eigenvalue weighted by molar-refractivity contribution is -0.142. The summed E-state index contributed by atoms with van der Waals surface area (Å²) in [6.45, 7) is 8.97. The van der Waals surface area contributed by atoms with E-state index in [0.29, 0.717) is 25.3 Å². The van der Waals surface area contributed by atoms with Crippen molar-refractivity contribution in [1.29, 1.82) is 0 Å². The lowest BCUT2D eigenvalue weighted by atomic mass is 9.87. The van der Waals surface area contributed by atoms with Crippen molar-refractivity contribution in [2.75, 3.05) is 13.2 Å². The van der Waals surface area contributed by atoms with Crippen LogP contribution in [0.25, 0.3) is 0 Å². The normalized spacial score (nSPS) is 12.0. The Labute approximate surface area is 223 Å². The minimum atomic E-state index is -0.671. The van der Waals surface area contributed by atoms with Crippen molar-refractivity contribution in [1.82, 2.24) is 10.2 Å². The van der Waals surface area contributed by atoms with Crippen molar-refractivity contribution in [3.05, 3.63) is 100 Å². The molecular weight excluding hydrogens is 516 g/mol. The van der Waals surface area contributed by atoms with Gasteiger partial charge in [-0.15, -0.1) is 0 Å². The standard InChI is InChI=1S/C30H35BrN2O3/c1-5-32-29(35)27(19-22-9-7-6-8-10-22)33(20-23-11-15-25(31)16-12-23)28(34)21-36-26-17-13-24(14-18-26)30(2,3)4/h6-18,27H,5,19-21H2,1-4H3,(H,32,35). The third-order valence-electron chi connectivity index (χ3n) is 5.97. The molecule has 1 unspecified atom stereocenters. The lowest BCUT2D eigenvalue weighted by Gasteiger charge is -2.31. The maximum Gasteiger partial charge on any atom is 0.261 e. The van der Waals surface area contributed by atoms with Crippen LogP contribution in [0, 0.1) is 0 Å². The minimum absolute atomic E-state index is 0.0348. The second kappa shape index (κ2) is 12.7. The second-order valence-corrected chi connectivity index (χ2v) is 10.7. The summed E-state index contributed by atoms with van der Waals surface area (Å²) in [6, 6.07) is 24.7. The van der Waals surface area contributed by atoms with E-state index in [1.165, 1.54) is 5.56 Å². The van der Waals surface area contributed by atoms with Gasteiger partial charge in [-0.1, -0.05) is 91.3 Å². The van der Waals surface area contributed by atoms with E-state index in [0.717, 1.165) is 15.6 Å². The maximum atomic E-state index is 13.6. The summed E-state index contributed by atoms with van der Waals surface area (Å²) >= 11 is 3.46. The minimum Gasteiger partial charge on any atom is -0.484 e. The van der Waals surface area contributed by atoms with Gasteiger partial charge in [-0.3, -0.25) is 9.59 Å². The summed E-state index contributed by atoms with van der Waals surface area (Å²) in [5, 5.41) is 2.91. The highest BCUT2D eigenvalue weighted by atomic mass is 79.9. The number of ether oxygens (including phenoxy) is 1. The van der Waals surface area contributed by atoms with Crippen molar-refractivity contribution in [3.63, 3.8) is 0 Å². The van der Waals surface area contributed by atoms with Gasteiger partial charge < -0.3 is 15.0 Å². The number of nitrogens with one attached hydrogen (secondary N) is 1. The Kier molecular flexibility index (Phi) is 9.71. The fourth-order valence-electron chi connectivity index (χ4n) is 3.91. The molecule has 1 N–H and O–H groups in total. The van der Waals surface area contributed by atoms with Gasteiger partial charge in [0.25, 0.3) is 5.91 Å². The number of likely N-dealkylation sites (N-methyl/N-ethyl adjacent to an activating group) is 1. The lowest BCUT2D eigenvalue weighted by Crippen LogP contribution is -2.51. The summed E-state index contributed by atoms with van der Waals surface area (Å²) in [5.74, 6) is 0.198. The number of rotatable bonds is 10. The van der Waals surface area contributed by atoms with E-state index in [1.807, 2.05) is 85.8 Å². The molecule has 0 radical (unpaired) electrons. The summed E-state index contributed by atoms with van der Waals surface area (Å²) < 4.78 is 6.84. The number of carbonyl (C=O) groups excluding carboxylic acids is 2. The van der Waals surface area contributed by atoms with Gasteiger partial charge in [0.05, 0.1) is 0 Å². The predicted molar refractivity (Wildman–Crippen MR) is 148 cm³/mol. The smallest absolute Gasteiger partial charge is 0.261 e. The Hall–Kier alpha value is -3.12. The Morgan fingerprint density at radius 1 is 0.917 bits per heavy atom.